The van der Waals surface area contributed by atoms with Crippen LogP contribution in [0.25, 0.3) is 0 Å². The van der Waals surface area contributed by atoms with Crippen molar-refractivity contribution in [2.45, 2.75) is 26.3 Å². The lowest BCUT2D eigenvalue weighted by Gasteiger charge is -2.12. The summed E-state index contributed by atoms with van der Waals surface area (Å²) in [5.74, 6) is 1.56. The van der Waals surface area contributed by atoms with Gasteiger partial charge in [0.05, 0.1) is 13.7 Å². The van der Waals surface area contributed by atoms with E-state index in [0.29, 0.717) is 6.61 Å². The van der Waals surface area contributed by atoms with Crippen LogP contribution < -0.4 is 15.2 Å². The smallest absolute Gasteiger partial charge is 0.161 e. The van der Waals surface area contributed by atoms with Gasteiger partial charge in [0.1, 0.15) is 0 Å². The third-order valence-corrected chi connectivity index (χ3v) is 2.09. The number of hydrogen-bond donors (Lipinski definition) is 1. The topological polar surface area (TPSA) is 44.5 Å². The molecule has 0 unspecified atom stereocenters. The molecule has 0 heterocycles. The van der Waals surface area contributed by atoms with Crippen LogP contribution in [-0.2, 0) is 6.42 Å². The molecule has 0 aliphatic carbocycles. The molecule has 1 aromatic carbocycles. The summed E-state index contributed by atoms with van der Waals surface area (Å²) >= 11 is 0. The summed E-state index contributed by atoms with van der Waals surface area (Å²) in [5.41, 5.74) is 6.92. The van der Waals surface area contributed by atoms with E-state index in [1.54, 1.807) is 7.11 Å². The van der Waals surface area contributed by atoms with Crippen molar-refractivity contribution in [3.05, 3.63) is 23.8 Å². The maximum atomic E-state index is 5.75. The van der Waals surface area contributed by atoms with Crippen LogP contribution in [0.15, 0.2) is 18.2 Å². The molecule has 84 valence electrons. The summed E-state index contributed by atoms with van der Waals surface area (Å²) in [5, 5.41) is 0. The zero-order valence-electron chi connectivity index (χ0n) is 9.62. The zero-order chi connectivity index (χ0) is 11.3. The first-order valence-corrected chi connectivity index (χ1v) is 5.22. The van der Waals surface area contributed by atoms with Gasteiger partial charge in [-0.15, -0.1) is 0 Å². The molecule has 1 aromatic rings. The Labute approximate surface area is 91.2 Å². The van der Waals surface area contributed by atoms with Gasteiger partial charge in [-0.2, -0.15) is 0 Å². The summed E-state index contributed by atoms with van der Waals surface area (Å²) in [6, 6.07) is 6.09. The molecule has 0 amide bonds. The van der Waals surface area contributed by atoms with E-state index in [0.717, 1.165) is 17.9 Å². The summed E-state index contributed by atoms with van der Waals surface area (Å²) in [6.07, 6.45) is 0.851. The average Bonchev–Trinajstić information content (AvgIpc) is 2.18. The van der Waals surface area contributed by atoms with E-state index in [9.17, 15) is 0 Å². The molecular formula is C12H19NO2. The third kappa shape index (κ3) is 3.44. The van der Waals surface area contributed by atoms with Crippen LogP contribution >= 0.6 is 0 Å². The number of benzene rings is 1. The highest BCUT2D eigenvalue weighted by Crippen LogP contribution is 2.28. The summed E-state index contributed by atoms with van der Waals surface area (Å²) in [6.45, 7) is 4.58. The van der Waals surface area contributed by atoms with Crippen molar-refractivity contribution < 1.29 is 9.47 Å². The fraction of sp³-hybridized carbons (Fsp3) is 0.500. The SMILES string of the molecule is CCOc1cc(C[C@H](C)N)ccc1OC. The van der Waals surface area contributed by atoms with E-state index >= 15 is 0 Å². The fourth-order valence-electron chi connectivity index (χ4n) is 1.49. The number of rotatable bonds is 5. The number of nitrogens with two attached hydrogens (primary N) is 1. The van der Waals surface area contributed by atoms with Gasteiger partial charge in [-0.05, 0) is 38.0 Å². The van der Waals surface area contributed by atoms with Crippen molar-refractivity contribution in [3.63, 3.8) is 0 Å². The highest BCUT2D eigenvalue weighted by Gasteiger charge is 2.06. The van der Waals surface area contributed by atoms with E-state index in [-0.39, 0.29) is 6.04 Å². The second kappa shape index (κ2) is 5.61. The molecular weight excluding hydrogens is 190 g/mol. The molecule has 3 heteroatoms. The standard InChI is InChI=1S/C12H19NO2/c1-4-15-12-8-10(7-9(2)13)5-6-11(12)14-3/h5-6,8-9H,4,7,13H2,1-3H3/t9-/m0/s1. The first-order valence-electron chi connectivity index (χ1n) is 5.22. The fourth-order valence-corrected chi connectivity index (χ4v) is 1.49. The lowest BCUT2D eigenvalue weighted by atomic mass is 10.1. The zero-order valence-corrected chi connectivity index (χ0v) is 9.62. The molecule has 15 heavy (non-hydrogen) atoms. The Bertz CT molecular complexity index is 310. The van der Waals surface area contributed by atoms with Crippen molar-refractivity contribution in [1.82, 2.24) is 0 Å². The van der Waals surface area contributed by atoms with Gasteiger partial charge < -0.3 is 15.2 Å². The Balaban J connectivity index is 2.88. The van der Waals surface area contributed by atoms with Gasteiger partial charge in [-0.25, -0.2) is 0 Å². The lowest BCUT2D eigenvalue weighted by molar-refractivity contribution is 0.310. The largest absolute Gasteiger partial charge is 0.493 e. The van der Waals surface area contributed by atoms with Gasteiger partial charge in [-0.1, -0.05) is 6.07 Å². The quantitative estimate of drug-likeness (QED) is 0.806. The first-order chi connectivity index (χ1) is 7.17. The molecule has 0 bridgehead atoms. The van der Waals surface area contributed by atoms with E-state index in [4.69, 9.17) is 15.2 Å². The van der Waals surface area contributed by atoms with Gasteiger partial charge in [0.2, 0.25) is 0 Å². The number of methoxy groups -OCH3 is 1. The maximum absolute atomic E-state index is 5.75. The number of ether oxygens (including phenoxy) is 2. The molecule has 0 fully saturated rings. The minimum atomic E-state index is 0.160. The molecule has 1 atom stereocenters. The Morgan fingerprint density at radius 1 is 1.33 bits per heavy atom. The van der Waals surface area contributed by atoms with Crippen LogP contribution in [0, 0.1) is 0 Å². The lowest BCUT2D eigenvalue weighted by Crippen LogP contribution is -2.17. The van der Waals surface area contributed by atoms with Crippen molar-refractivity contribution in [1.29, 1.82) is 0 Å². The van der Waals surface area contributed by atoms with E-state index in [1.807, 2.05) is 32.0 Å². The predicted octanol–water partition coefficient (Wildman–Crippen LogP) is 1.98. The summed E-state index contributed by atoms with van der Waals surface area (Å²) in [7, 11) is 1.64. The second-order valence-electron chi connectivity index (χ2n) is 3.60. The minimum absolute atomic E-state index is 0.160. The Morgan fingerprint density at radius 3 is 2.60 bits per heavy atom. The van der Waals surface area contributed by atoms with Crippen LogP contribution in [0.4, 0.5) is 0 Å². The van der Waals surface area contributed by atoms with Crippen molar-refractivity contribution in [2.24, 2.45) is 5.73 Å². The Hall–Kier alpha value is -1.22. The Kier molecular flexibility index (Phi) is 4.43. The minimum Gasteiger partial charge on any atom is -0.493 e. The average molecular weight is 209 g/mol. The molecule has 0 saturated heterocycles. The van der Waals surface area contributed by atoms with E-state index in [1.165, 1.54) is 5.56 Å². The van der Waals surface area contributed by atoms with Crippen LogP contribution in [0.2, 0.25) is 0 Å². The van der Waals surface area contributed by atoms with Crippen LogP contribution in [0.3, 0.4) is 0 Å². The molecule has 2 N–H and O–H groups in total. The van der Waals surface area contributed by atoms with Crippen molar-refractivity contribution in [2.75, 3.05) is 13.7 Å². The molecule has 0 saturated carbocycles. The second-order valence-corrected chi connectivity index (χ2v) is 3.60. The van der Waals surface area contributed by atoms with Gasteiger partial charge in [0.15, 0.2) is 11.5 Å². The number of hydrogen-bond acceptors (Lipinski definition) is 3. The van der Waals surface area contributed by atoms with E-state index in [2.05, 4.69) is 0 Å². The van der Waals surface area contributed by atoms with Crippen LogP contribution in [0.5, 0.6) is 11.5 Å². The summed E-state index contributed by atoms with van der Waals surface area (Å²) < 4.78 is 10.7. The molecule has 0 aromatic heterocycles. The highest BCUT2D eigenvalue weighted by molar-refractivity contribution is 5.43. The highest BCUT2D eigenvalue weighted by atomic mass is 16.5. The predicted molar refractivity (Wildman–Crippen MR) is 61.5 cm³/mol. The normalized spacial score (nSPS) is 12.3. The Morgan fingerprint density at radius 2 is 2.07 bits per heavy atom. The van der Waals surface area contributed by atoms with Gasteiger partial charge in [0, 0.05) is 6.04 Å². The molecule has 0 spiro atoms. The van der Waals surface area contributed by atoms with E-state index < -0.39 is 0 Å². The maximum Gasteiger partial charge on any atom is 0.161 e. The molecule has 3 nitrogen and oxygen atoms in total. The molecule has 0 aliphatic rings. The van der Waals surface area contributed by atoms with Crippen LogP contribution in [-0.4, -0.2) is 19.8 Å². The first kappa shape index (κ1) is 11.9. The van der Waals surface area contributed by atoms with Gasteiger partial charge >= 0.3 is 0 Å². The van der Waals surface area contributed by atoms with Crippen molar-refractivity contribution in [3.8, 4) is 11.5 Å². The molecule has 0 radical (unpaired) electrons. The monoisotopic (exact) mass is 209 g/mol. The van der Waals surface area contributed by atoms with Crippen molar-refractivity contribution >= 4 is 0 Å². The van der Waals surface area contributed by atoms with Gasteiger partial charge in [0.25, 0.3) is 0 Å². The molecule has 1 rings (SSSR count). The van der Waals surface area contributed by atoms with Gasteiger partial charge in [-0.3, -0.25) is 0 Å². The third-order valence-electron chi connectivity index (χ3n) is 2.09. The molecule has 0 aliphatic heterocycles. The summed E-state index contributed by atoms with van der Waals surface area (Å²) in [4.78, 5) is 0. The van der Waals surface area contributed by atoms with Crippen LogP contribution in [0.1, 0.15) is 19.4 Å².